The predicted molar refractivity (Wildman–Crippen MR) is 88.2 cm³/mol. The van der Waals surface area contributed by atoms with E-state index in [1.165, 1.54) is 0 Å². The summed E-state index contributed by atoms with van der Waals surface area (Å²) < 4.78 is 7.05. The van der Waals surface area contributed by atoms with E-state index in [0.29, 0.717) is 18.7 Å². The van der Waals surface area contributed by atoms with Crippen molar-refractivity contribution in [1.82, 2.24) is 19.5 Å². The van der Waals surface area contributed by atoms with Crippen molar-refractivity contribution in [3.05, 3.63) is 29.7 Å². The maximum absolute atomic E-state index is 12.1. The second kappa shape index (κ2) is 6.22. The molecule has 3 rings (SSSR count). The number of ether oxygens (including phenoxy) is 1. The van der Waals surface area contributed by atoms with Crippen LogP contribution in [0.25, 0.3) is 5.65 Å². The average Bonchev–Trinajstić information content (AvgIpc) is 2.96. The van der Waals surface area contributed by atoms with Crippen molar-refractivity contribution in [2.45, 2.75) is 45.1 Å². The van der Waals surface area contributed by atoms with Crippen molar-refractivity contribution < 1.29 is 14.3 Å². The summed E-state index contributed by atoms with van der Waals surface area (Å²) >= 11 is 0. The Hall–Kier alpha value is -2.44. The zero-order chi connectivity index (χ0) is 17.3. The molecule has 1 fully saturated rings. The highest BCUT2D eigenvalue weighted by atomic mass is 16.6. The maximum Gasteiger partial charge on any atom is 0.410 e. The Morgan fingerprint density at radius 2 is 2.04 bits per heavy atom. The van der Waals surface area contributed by atoms with Crippen LogP contribution in [0.5, 0.6) is 0 Å². The van der Waals surface area contributed by atoms with Crippen LogP contribution in [0.2, 0.25) is 0 Å². The molecule has 1 aliphatic rings. The number of likely N-dealkylation sites (tertiary alicyclic amines) is 1. The lowest BCUT2D eigenvalue weighted by atomic mass is 9.94. The highest BCUT2D eigenvalue weighted by Crippen LogP contribution is 2.28. The van der Waals surface area contributed by atoms with E-state index in [-0.39, 0.29) is 12.0 Å². The van der Waals surface area contributed by atoms with Crippen molar-refractivity contribution in [2.75, 3.05) is 13.1 Å². The van der Waals surface area contributed by atoms with E-state index in [2.05, 4.69) is 10.1 Å². The van der Waals surface area contributed by atoms with E-state index >= 15 is 0 Å². The van der Waals surface area contributed by atoms with Gasteiger partial charge in [0.1, 0.15) is 5.60 Å². The molecule has 0 saturated carbocycles. The quantitative estimate of drug-likeness (QED) is 0.791. The molecule has 2 aromatic heterocycles. The van der Waals surface area contributed by atoms with Crippen molar-refractivity contribution in [3.63, 3.8) is 0 Å². The van der Waals surface area contributed by atoms with E-state index in [4.69, 9.17) is 4.74 Å². The number of aldehydes is 1. The Labute approximate surface area is 140 Å². The van der Waals surface area contributed by atoms with Gasteiger partial charge >= 0.3 is 6.09 Å². The molecule has 1 saturated heterocycles. The molecular weight excluding hydrogens is 308 g/mol. The Kier molecular flexibility index (Phi) is 4.26. The predicted octanol–water partition coefficient (Wildman–Crippen LogP) is 2.66. The molecule has 0 radical (unpaired) electrons. The number of rotatable bonds is 2. The molecule has 1 amide bonds. The van der Waals surface area contributed by atoms with Crippen LogP contribution in [0.4, 0.5) is 4.79 Å². The monoisotopic (exact) mass is 330 g/mol. The second-order valence-corrected chi connectivity index (χ2v) is 7.12. The van der Waals surface area contributed by atoms with Gasteiger partial charge in [-0.05, 0) is 33.6 Å². The first kappa shape index (κ1) is 16.4. The van der Waals surface area contributed by atoms with Gasteiger partial charge in [0.25, 0.3) is 0 Å². The molecule has 0 aliphatic carbocycles. The number of carbonyl (C=O) groups excluding carboxylic acids is 2. The molecule has 128 valence electrons. The molecule has 0 aromatic carbocycles. The molecule has 7 heteroatoms. The second-order valence-electron chi connectivity index (χ2n) is 7.12. The van der Waals surface area contributed by atoms with Crippen molar-refractivity contribution in [3.8, 4) is 0 Å². The van der Waals surface area contributed by atoms with E-state index in [1.54, 1.807) is 21.8 Å². The van der Waals surface area contributed by atoms with Crippen LogP contribution in [-0.2, 0) is 4.74 Å². The zero-order valence-electron chi connectivity index (χ0n) is 14.2. The van der Waals surface area contributed by atoms with Gasteiger partial charge in [-0.1, -0.05) is 0 Å². The Morgan fingerprint density at radius 1 is 1.33 bits per heavy atom. The van der Waals surface area contributed by atoms with E-state index < -0.39 is 5.60 Å². The fourth-order valence-electron chi connectivity index (χ4n) is 2.85. The van der Waals surface area contributed by atoms with Crippen molar-refractivity contribution >= 4 is 18.0 Å². The molecule has 7 nitrogen and oxygen atoms in total. The number of carbonyl (C=O) groups is 2. The molecule has 0 spiro atoms. The van der Waals surface area contributed by atoms with Crippen molar-refractivity contribution in [2.24, 2.45) is 0 Å². The highest BCUT2D eigenvalue weighted by Gasteiger charge is 2.28. The smallest absolute Gasteiger partial charge is 0.410 e. The average molecular weight is 330 g/mol. The topological polar surface area (TPSA) is 76.8 Å². The minimum Gasteiger partial charge on any atom is -0.444 e. The van der Waals surface area contributed by atoms with Gasteiger partial charge in [-0.15, -0.1) is 0 Å². The maximum atomic E-state index is 12.1. The summed E-state index contributed by atoms with van der Waals surface area (Å²) in [4.78, 5) is 28.9. The largest absolute Gasteiger partial charge is 0.444 e. The third-order valence-electron chi connectivity index (χ3n) is 4.05. The molecule has 0 N–H and O–H groups in total. The summed E-state index contributed by atoms with van der Waals surface area (Å²) in [5.41, 5.74) is 1.70. The molecular formula is C17H22N4O3. The number of piperidine rings is 1. The number of nitrogens with zero attached hydrogens (tertiary/aromatic N) is 4. The molecule has 3 heterocycles. The molecule has 0 unspecified atom stereocenters. The van der Waals surface area contributed by atoms with E-state index in [9.17, 15) is 9.59 Å². The SMILES string of the molecule is CC(C)(C)OC(=O)N1CCC(c2cc3ncc(C=O)cn3n2)CC1. The first-order valence-corrected chi connectivity index (χ1v) is 8.14. The molecule has 0 atom stereocenters. The number of amides is 1. The molecule has 1 aliphatic heterocycles. The van der Waals surface area contributed by atoms with Gasteiger partial charge in [-0.2, -0.15) is 5.10 Å². The zero-order valence-corrected chi connectivity index (χ0v) is 14.2. The van der Waals surface area contributed by atoms with Gasteiger partial charge in [0, 0.05) is 37.5 Å². The number of hydrogen-bond donors (Lipinski definition) is 0. The van der Waals surface area contributed by atoms with Crippen molar-refractivity contribution in [1.29, 1.82) is 0 Å². The number of fused-ring (bicyclic) bond motifs is 1. The van der Waals surface area contributed by atoms with Crippen LogP contribution in [-0.4, -0.2) is 50.6 Å². The highest BCUT2D eigenvalue weighted by molar-refractivity contribution is 5.74. The van der Waals surface area contributed by atoms with Gasteiger partial charge in [0.05, 0.1) is 11.3 Å². The van der Waals surface area contributed by atoms with Crippen LogP contribution < -0.4 is 0 Å². The molecule has 2 aromatic rings. The summed E-state index contributed by atoms with van der Waals surface area (Å²) in [7, 11) is 0. The standard InChI is InChI=1S/C17H22N4O3/c1-17(2,3)24-16(23)20-6-4-13(5-7-20)14-8-15-18-9-12(11-22)10-21(15)19-14/h8-11,13H,4-7H2,1-3H3. The Morgan fingerprint density at radius 3 is 2.67 bits per heavy atom. The van der Waals surface area contributed by atoms with E-state index in [0.717, 1.165) is 30.5 Å². The minimum absolute atomic E-state index is 0.256. The summed E-state index contributed by atoms with van der Waals surface area (Å²) in [6, 6.07) is 1.95. The van der Waals surface area contributed by atoms with Crippen LogP contribution >= 0.6 is 0 Å². The third-order valence-corrected chi connectivity index (χ3v) is 4.05. The van der Waals surface area contributed by atoms with Crippen LogP contribution in [0.15, 0.2) is 18.5 Å². The van der Waals surface area contributed by atoms with E-state index in [1.807, 2.05) is 26.8 Å². The first-order chi connectivity index (χ1) is 11.4. The number of hydrogen-bond acceptors (Lipinski definition) is 5. The fraction of sp³-hybridized carbons (Fsp3) is 0.529. The lowest BCUT2D eigenvalue weighted by Gasteiger charge is -2.32. The number of aromatic nitrogens is 3. The van der Waals surface area contributed by atoms with Gasteiger partial charge in [-0.25, -0.2) is 14.3 Å². The summed E-state index contributed by atoms with van der Waals surface area (Å²) in [5.74, 6) is 0.282. The minimum atomic E-state index is -0.475. The normalized spacial score (nSPS) is 16.4. The molecule has 24 heavy (non-hydrogen) atoms. The Balaban J connectivity index is 1.66. The lowest BCUT2D eigenvalue weighted by Crippen LogP contribution is -2.41. The molecule has 0 bridgehead atoms. The van der Waals surface area contributed by atoms with Crippen LogP contribution in [0.3, 0.4) is 0 Å². The summed E-state index contributed by atoms with van der Waals surface area (Å²) in [5, 5.41) is 4.53. The Bertz CT molecular complexity index is 755. The van der Waals surface area contributed by atoms with Gasteiger partial charge in [0.15, 0.2) is 11.9 Å². The first-order valence-electron chi connectivity index (χ1n) is 8.14. The third kappa shape index (κ3) is 3.55. The lowest BCUT2D eigenvalue weighted by molar-refractivity contribution is 0.0204. The van der Waals surface area contributed by atoms with Gasteiger partial charge < -0.3 is 9.64 Å². The van der Waals surface area contributed by atoms with Crippen LogP contribution in [0.1, 0.15) is 55.6 Å². The van der Waals surface area contributed by atoms with Crippen LogP contribution in [0, 0.1) is 0 Å². The summed E-state index contributed by atoms with van der Waals surface area (Å²) in [6.45, 7) is 6.92. The fourth-order valence-corrected chi connectivity index (χ4v) is 2.85. The van der Waals surface area contributed by atoms with Gasteiger partial charge in [-0.3, -0.25) is 4.79 Å². The summed E-state index contributed by atoms with van der Waals surface area (Å²) in [6.07, 6.45) is 5.39. The van der Waals surface area contributed by atoms with Gasteiger partial charge in [0.2, 0.25) is 0 Å².